The highest BCUT2D eigenvalue weighted by Crippen LogP contribution is 2.38. The van der Waals surface area contributed by atoms with E-state index in [1.54, 1.807) is 25.3 Å². The number of carbonyl (C=O) groups excluding carboxylic acids is 3. The number of hydrogen-bond donors (Lipinski definition) is 1. The second-order valence-corrected chi connectivity index (χ2v) is 7.12. The summed E-state index contributed by atoms with van der Waals surface area (Å²) in [6.07, 6.45) is -0.204. The largest absolute Gasteiger partial charge is 0.497 e. The molecule has 2 amide bonds. The Kier molecular flexibility index (Phi) is 5.33. The third kappa shape index (κ3) is 3.34. The van der Waals surface area contributed by atoms with Crippen LogP contribution in [0.15, 0.2) is 18.2 Å². The lowest BCUT2D eigenvalue weighted by molar-refractivity contribution is -0.145. The van der Waals surface area contributed by atoms with Crippen molar-refractivity contribution in [1.82, 2.24) is 10.2 Å². The maximum absolute atomic E-state index is 13.1. The zero-order valence-corrected chi connectivity index (χ0v) is 15.8. The number of carbonyl (C=O) groups is 3. The van der Waals surface area contributed by atoms with Gasteiger partial charge in [0, 0.05) is 23.2 Å². The van der Waals surface area contributed by atoms with Crippen molar-refractivity contribution in [3.63, 3.8) is 0 Å². The molecule has 0 saturated carbocycles. The maximum atomic E-state index is 13.1. The Labute approximate surface area is 158 Å². The summed E-state index contributed by atoms with van der Waals surface area (Å²) in [5, 5.41) is 3.74. The van der Waals surface area contributed by atoms with Crippen molar-refractivity contribution in [3.8, 4) is 5.75 Å². The van der Waals surface area contributed by atoms with Crippen LogP contribution in [0, 0.1) is 0 Å². The first-order valence-corrected chi connectivity index (χ1v) is 9.07. The molecule has 0 bridgehead atoms. The number of fused-ring (bicyclic) bond motifs is 1. The van der Waals surface area contributed by atoms with Crippen molar-refractivity contribution in [2.45, 2.75) is 12.5 Å². The molecule has 2 heterocycles. The average Bonchev–Trinajstić information content (AvgIpc) is 2.98. The molecule has 2 aromatic rings. The Hall–Kier alpha value is -2.32. The number of thiophene rings is 1. The lowest BCUT2D eigenvalue weighted by Crippen LogP contribution is -2.57. The molecule has 1 aliphatic rings. The van der Waals surface area contributed by atoms with E-state index in [0.717, 1.165) is 10.1 Å². The number of amides is 2. The van der Waals surface area contributed by atoms with Crippen LogP contribution in [0.4, 0.5) is 0 Å². The van der Waals surface area contributed by atoms with E-state index in [1.165, 1.54) is 23.3 Å². The van der Waals surface area contributed by atoms with Crippen molar-refractivity contribution in [3.05, 3.63) is 28.1 Å². The van der Waals surface area contributed by atoms with Gasteiger partial charge < -0.3 is 19.7 Å². The number of piperazine rings is 1. The molecule has 1 atom stereocenters. The van der Waals surface area contributed by atoms with Crippen LogP contribution in [0.2, 0.25) is 5.02 Å². The maximum Gasteiger partial charge on any atom is 0.308 e. The summed E-state index contributed by atoms with van der Waals surface area (Å²) in [5.74, 6) is -0.653. The molecule has 0 radical (unpaired) electrons. The van der Waals surface area contributed by atoms with Gasteiger partial charge in [0.2, 0.25) is 5.91 Å². The van der Waals surface area contributed by atoms with Crippen LogP contribution in [0.3, 0.4) is 0 Å². The normalized spacial score (nSPS) is 17.1. The molecule has 7 nitrogen and oxygen atoms in total. The number of nitrogens with one attached hydrogen (secondary N) is 1. The molecule has 26 heavy (non-hydrogen) atoms. The van der Waals surface area contributed by atoms with E-state index in [0.29, 0.717) is 28.7 Å². The SMILES string of the molecule is COC(=O)CC1C(=O)NCCN1C(=O)c1sc2cc(OC)ccc2c1Cl. The molecular formula is C17H17ClN2O5S. The Morgan fingerprint density at radius 2 is 2.15 bits per heavy atom. The van der Waals surface area contributed by atoms with Gasteiger partial charge in [-0.2, -0.15) is 0 Å². The number of ether oxygens (including phenoxy) is 2. The number of nitrogens with zero attached hydrogens (tertiary/aromatic N) is 1. The molecule has 1 N–H and O–H groups in total. The van der Waals surface area contributed by atoms with E-state index in [2.05, 4.69) is 10.1 Å². The minimum absolute atomic E-state index is 0.204. The number of benzene rings is 1. The van der Waals surface area contributed by atoms with Gasteiger partial charge in [-0.15, -0.1) is 11.3 Å². The minimum Gasteiger partial charge on any atom is -0.497 e. The molecule has 3 rings (SSSR count). The van der Waals surface area contributed by atoms with Crippen LogP contribution in [-0.4, -0.2) is 56.0 Å². The quantitative estimate of drug-likeness (QED) is 0.800. The molecule has 1 aromatic heterocycles. The van der Waals surface area contributed by atoms with E-state index in [9.17, 15) is 14.4 Å². The topological polar surface area (TPSA) is 84.9 Å². The van der Waals surface area contributed by atoms with E-state index in [4.69, 9.17) is 16.3 Å². The van der Waals surface area contributed by atoms with Crippen molar-refractivity contribution >= 4 is 50.8 Å². The fraction of sp³-hybridized carbons (Fsp3) is 0.353. The van der Waals surface area contributed by atoms with Crippen molar-refractivity contribution in [2.75, 3.05) is 27.3 Å². The monoisotopic (exact) mass is 396 g/mol. The third-order valence-corrected chi connectivity index (χ3v) is 5.86. The van der Waals surface area contributed by atoms with E-state index >= 15 is 0 Å². The number of hydrogen-bond acceptors (Lipinski definition) is 6. The first-order chi connectivity index (χ1) is 12.5. The second kappa shape index (κ2) is 7.51. The molecule has 1 unspecified atom stereocenters. The fourth-order valence-corrected chi connectivity index (χ4v) is 4.34. The molecule has 1 aliphatic heterocycles. The van der Waals surface area contributed by atoms with Crippen molar-refractivity contribution < 1.29 is 23.9 Å². The van der Waals surface area contributed by atoms with E-state index in [1.807, 2.05) is 0 Å². The molecule has 1 fully saturated rings. The standard InChI is InChI=1S/C17H17ClN2O5S/c1-24-9-3-4-10-12(7-9)26-15(14(10)18)17(23)20-6-5-19-16(22)11(20)8-13(21)25-2/h3-4,7,11H,5-6,8H2,1-2H3,(H,19,22). The number of halogens is 1. The summed E-state index contributed by atoms with van der Waals surface area (Å²) < 4.78 is 10.6. The van der Waals surface area contributed by atoms with Crippen LogP contribution in [0.25, 0.3) is 10.1 Å². The van der Waals surface area contributed by atoms with Crippen LogP contribution in [-0.2, 0) is 14.3 Å². The summed E-state index contributed by atoms with van der Waals surface area (Å²) in [6, 6.07) is 4.44. The van der Waals surface area contributed by atoms with Gasteiger partial charge in [-0.3, -0.25) is 14.4 Å². The predicted molar refractivity (Wildman–Crippen MR) is 97.9 cm³/mol. The molecule has 0 aliphatic carbocycles. The van der Waals surface area contributed by atoms with Gasteiger partial charge in [-0.05, 0) is 18.2 Å². The van der Waals surface area contributed by atoms with Gasteiger partial charge in [0.15, 0.2) is 0 Å². The fourth-order valence-electron chi connectivity index (χ4n) is 2.84. The highest BCUT2D eigenvalue weighted by atomic mass is 35.5. The highest BCUT2D eigenvalue weighted by molar-refractivity contribution is 7.21. The molecule has 9 heteroatoms. The van der Waals surface area contributed by atoms with Gasteiger partial charge in [-0.25, -0.2) is 0 Å². The molecular weight excluding hydrogens is 380 g/mol. The third-order valence-electron chi connectivity index (χ3n) is 4.21. The molecule has 0 spiro atoms. The first-order valence-electron chi connectivity index (χ1n) is 7.87. The van der Waals surface area contributed by atoms with Crippen molar-refractivity contribution in [2.24, 2.45) is 0 Å². The lowest BCUT2D eigenvalue weighted by atomic mass is 10.1. The van der Waals surface area contributed by atoms with Gasteiger partial charge in [0.1, 0.15) is 16.7 Å². The Morgan fingerprint density at radius 1 is 1.38 bits per heavy atom. The summed E-state index contributed by atoms with van der Waals surface area (Å²) in [5.41, 5.74) is 0. The van der Waals surface area contributed by atoms with Gasteiger partial charge in [0.05, 0.1) is 25.7 Å². The number of rotatable bonds is 4. The molecule has 138 valence electrons. The summed E-state index contributed by atoms with van der Waals surface area (Å²) in [6.45, 7) is 0.610. The zero-order chi connectivity index (χ0) is 18.8. The highest BCUT2D eigenvalue weighted by Gasteiger charge is 2.36. The minimum atomic E-state index is -0.917. The first kappa shape index (κ1) is 18.5. The van der Waals surface area contributed by atoms with Crippen LogP contribution in [0.5, 0.6) is 5.75 Å². The summed E-state index contributed by atoms with van der Waals surface area (Å²) >= 11 is 7.65. The van der Waals surface area contributed by atoms with Gasteiger partial charge in [-0.1, -0.05) is 11.6 Å². The zero-order valence-electron chi connectivity index (χ0n) is 14.2. The van der Waals surface area contributed by atoms with Gasteiger partial charge >= 0.3 is 5.97 Å². The van der Waals surface area contributed by atoms with Crippen LogP contribution < -0.4 is 10.1 Å². The lowest BCUT2D eigenvalue weighted by Gasteiger charge is -2.34. The summed E-state index contributed by atoms with van der Waals surface area (Å²) in [4.78, 5) is 38.6. The summed E-state index contributed by atoms with van der Waals surface area (Å²) in [7, 11) is 2.80. The molecule has 1 saturated heterocycles. The Bertz CT molecular complexity index is 881. The number of esters is 1. The van der Waals surface area contributed by atoms with Gasteiger partial charge in [0.25, 0.3) is 5.91 Å². The number of methoxy groups -OCH3 is 2. The molecule has 1 aromatic carbocycles. The van der Waals surface area contributed by atoms with Crippen LogP contribution in [0.1, 0.15) is 16.1 Å². The van der Waals surface area contributed by atoms with E-state index < -0.39 is 12.0 Å². The smallest absolute Gasteiger partial charge is 0.308 e. The average molecular weight is 397 g/mol. The Morgan fingerprint density at radius 3 is 2.85 bits per heavy atom. The van der Waals surface area contributed by atoms with Crippen LogP contribution >= 0.6 is 22.9 Å². The van der Waals surface area contributed by atoms with Crippen molar-refractivity contribution in [1.29, 1.82) is 0 Å². The second-order valence-electron chi connectivity index (χ2n) is 5.69. The predicted octanol–water partition coefficient (Wildman–Crippen LogP) is 2.07. The van der Waals surface area contributed by atoms with E-state index in [-0.39, 0.29) is 18.2 Å². The Balaban J connectivity index is 1.96.